The van der Waals surface area contributed by atoms with Crippen LogP contribution in [0.15, 0.2) is 36.4 Å². The molecule has 0 fully saturated rings. The van der Waals surface area contributed by atoms with E-state index in [9.17, 15) is 0 Å². The molecule has 0 spiro atoms. The maximum Gasteiger partial charge on any atom is 0.128 e. The average molecular weight is 262 g/mol. The summed E-state index contributed by atoms with van der Waals surface area (Å²) in [6.45, 7) is 0.703. The van der Waals surface area contributed by atoms with Crippen molar-refractivity contribution in [2.75, 3.05) is 6.61 Å². The molecule has 2 aromatic carbocycles. The fraction of sp³-hybridized carbons (Fsp3) is 0.125. The van der Waals surface area contributed by atoms with Crippen molar-refractivity contribution in [1.29, 1.82) is 10.5 Å². The maximum atomic E-state index is 8.99. The third-order valence-corrected chi connectivity index (χ3v) is 3.13. The summed E-state index contributed by atoms with van der Waals surface area (Å²) in [6.07, 6.45) is 0.878. The van der Waals surface area contributed by atoms with Crippen molar-refractivity contribution in [2.45, 2.75) is 6.42 Å². The van der Waals surface area contributed by atoms with Crippen LogP contribution < -0.4 is 9.47 Å². The molecular weight excluding hydrogens is 252 g/mol. The molecule has 0 bridgehead atoms. The molecule has 3 rings (SSSR count). The van der Waals surface area contributed by atoms with Crippen molar-refractivity contribution in [2.24, 2.45) is 0 Å². The molecule has 4 nitrogen and oxygen atoms in total. The van der Waals surface area contributed by atoms with Crippen LogP contribution >= 0.6 is 0 Å². The molecule has 0 amide bonds. The summed E-state index contributed by atoms with van der Waals surface area (Å²) in [4.78, 5) is 0. The van der Waals surface area contributed by atoms with Gasteiger partial charge in [0.2, 0.25) is 0 Å². The van der Waals surface area contributed by atoms with E-state index in [1.807, 2.05) is 30.3 Å². The molecule has 0 unspecified atom stereocenters. The average Bonchev–Trinajstić information content (AvgIpc) is 2.94. The van der Waals surface area contributed by atoms with Crippen molar-refractivity contribution in [1.82, 2.24) is 0 Å². The number of nitrogens with zero attached hydrogens (tertiary/aromatic N) is 2. The van der Waals surface area contributed by atoms with Crippen LogP contribution in [0.5, 0.6) is 17.2 Å². The summed E-state index contributed by atoms with van der Waals surface area (Å²) in [7, 11) is 0. The molecule has 0 saturated carbocycles. The van der Waals surface area contributed by atoms with E-state index in [-0.39, 0.29) is 0 Å². The van der Waals surface area contributed by atoms with Crippen molar-refractivity contribution >= 4 is 0 Å². The molecule has 1 aliphatic rings. The number of hydrogen-bond donors (Lipinski definition) is 0. The Hall–Kier alpha value is -2.98. The van der Waals surface area contributed by atoms with Gasteiger partial charge in [0.15, 0.2) is 0 Å². The normalized spacial score (nSPS) is 11.9. The van der Waals surface area contributed by atoms with E-state index in [1.165, 1.54) is 0 Å². The standard InChI is InChI=1S/C16H10N2O2/c17-9-12-1-2-14(8-13(12)10-18)20-15-3-4-16-11(7-15)5-6-19-16/h1-4,7-8H,5-6H2. The molecule has 0 saturated heterocycles. The first kappa shape index (κ1) is 12.1. The third-order valence-electron chi connectivity index (χ3n) is 3.13. The first-order chi connectivity index (χ1) is 9.80. The van der Waals surface area contributed by atoms with Crippen molar-refractivity contribution in [3.05, 3.63) is 53.1 Å². The van der Waals surface area contributed by atoms with E-state index in [1.54, 1.807) is 18.2 Å². The van der Waals surface area contributed by atoms with Crippen LogP contribution in [0.2, 0.25) is 0 Å². The van der Waals surface area contributed by atoms with E-state index in [4.69, 9.17) is 20.0 Å². The molecule has 1 heterocycles. The first-order valence-electron chi connectivity index (χ1n) is 6.18. The van der Waals surface area contributed by atoms with Crippen LogP contribution in [0.25, 0.3) is 0 Å². The Bertz CT molecular complexity index is 754. The van der Waals surface area contributed by atoms with Gasteiger partial charge in [-0.3, -0.25) is 0 Å². The van der Waals surface area contributed by atoms with Gasteiger partial charge in [0.25, 0.3) is 0 Å². The number of fused-ring (bicyclic) bond motifs is 1. The smallest absolute Gasteiger partial charge is 0.128 e. The van der Waals surface area contributed by atoms with Gasteiger partial charge in [0.05, 0.1) is 17.7 Å². The van der Waals surface area contributed by atoms with Gasteiger partial charge in [-0.1, -0.05) is 0 Å². The second-order valence-electron chi connectivity index (χ2n) is 4.40. The predicted molar refractivity (Wildman–Crippen MR) is 71.6 cm³/mol. The summed E-state index contributed by atoms with van der Waals surface area (Å²) in [5, 5.41) is 17.9. The zero-order chi connectivity index (χ0) is 13.9. The number of ether oxygens (including phenoxy) is 2. The molecule has 96 valence electrons. The quantitative estimate of drug-likeness (QED) is 0.833. The van der Waals surface area contributed by atoms with Crippen LogP contribution in [0, 0.1) is 22.7 Å². The summed E-state index contributed by atoms with van der Waals surface area (Å²) < 4.78 is 11.2. The third kappa shape index (κ3) is 2.15. The Kier molecular flexibility index (Phi) is 2.99. The van der Waals surface area contributed by atoms with Gasteiger partial charge in [-0.15, -0.1) is 0 Å². The highest BCUT2D eigenvalue weighted by atomic mass is 16.5. The summed E-state index contributed by atoms with van der Waals surface area (Å²) in [6, 6.07) is 14.5. The van der Waals surface area contributed by atoms with Crippen molar-refractivity contribution in [3.63, 3.8) is 0 Å². The fourth-order valence-corrected chi connectivity index (χ4v) is 2.14. The highest BCUT2D eigenvalue weighted by Gasteiger charge is 2.13. The molecule has 0 aromatic heterocycles. The Morgan fingerprint density at radius 2 is 1.70 bits per heavy atom. The highest BCUT2D eigenvalue weighted by Crippen LogP contribution is 2.31. The molecule has 0 aliphatic carbocycles. The summed E-state index contributed by atoms with van der Waals surface area (Å²) >= 11 is 0. The minimum absolute atomic E-state index is 0.314. The van der Waals surface area contributed by atoms with Crippen molar-refractivity contribution < 1.29 is 9.47 Å². The van der Waals surface area contributed by atoms with Crippen LogP contribution in [0.3, 0.4) is 0 Å². The summed E-state index contributed by atoms with van der Waals surface area (Å²) in [5.74, 6) is 2.14. The van der Waals surface area contributed by atoms with Gasteiger partial charge in [-0.25, -0.2) is 0 Å². The van der Waals surface area contributed by atoms with Gasteiger partial charge < -0.3 is 9.47 Å². The lowest BCUT2D eigenvalue weighted by atomic mass is 10.1. The van der Waals surface area contributed by atoms with Crippen LogP contribution in [-0.2, 0) is 6.42 Å². The topological polar surface area (TPSA) is 66.0 Å². The molecule has 1 aliphatic heterocycles. The Balaban J connectivity index is 1.89. The number of rotatable bonds is 2. The van der Waals surface area contributed by atoms with Crippen LogP contribution in [0.4, 0.5) is 0 Å². The molecule has 4 heteroatoms. The zero-order valence-electron chi connectivity index (χ0n) is 10.6. The Morgan fingerprint density at radius 3 is 2.50 bits per heavy atom. The molecule has 0 N–H and O–H groups in total. The van der Waals surface area contributed by atoms with E-state index < -0.39 is 0 Å². The maximum absolute atomic E-state index is 8.99. The van der Waals surface area contributed by atoms with Gasteiger partial charge in [-0.2, -0.15) is 10.5 Å². The lowest BCUT2D eigenvalue weighted by molar-refractivity contribution is 0.356. The SMILES string of the molecule is N#Cc1ccc(Oc2ccc3c(c2)CCO3)cc1C#N. The fourth-order valence-electron chi connectivity index (χ4n) is 2.14. The summed E-state index contributed by atoms with van der Waals surface area (Å²) in [5.41, 5.74) is 1.79. The molecule has 0 atom stereocenters. The molecular formula is C16H10N2O2. The zero-order valence-corrected chi connectivity index (χ0v) is 10.6. The van der Waals surface area contributed by atoms with Gasteiger partial charge >= 0.3 is 0 Å². The van der Waals surface area contributed by atoms with Crippen molar-refractivity contribution in [3.8, 4) is 29.4 Å². The van der Waals surface area contributed by atoms with E-state index in [2.05, 4.69) is 0 Å². The monoisotopic (exact) mass is 262 g/mol. The molecule has 0 radical (unpaired) electrons. The van der Waals surface area contributed by atoms with Crippen LogP contribution in [0.1, 0.15) is 16.7 Å². The largest absolute Gasteiger partial charge is 0.493 e. The van der Waals surface area contributed by atoms with Gasteiger partial charge in [0, 0.05) is 12.0 Å². The van der Waals surface area contributed by atoms with Gasteiger partial charge in [0.1, 0.15) is 29.4 Å². The lowest BCUT2D eigenvalue weighted by Crippen LogP contribution is -1.89. The van der Waals surface area contributed by atoms with E-state index in [0.29, 0.717) is 29.2 Å². The minimum Gasteiger partial charge on any atom is -0.493 e. The van der Waals surface area contributed by atoms with E-state index in [0.717, 1.165) is 17.7 Å². The molecule has 20 heavy (non-hydrogen) atoms. The lowest BCUT2D eigenvalue weighted by Gasteiger charge is -2.07. The second kappa shape index (κ2) is 4.95. The number of benzene rings is 2. The highest BCUT2D eigenvalue weighted by molar-refractivity contribution is 5.50. The second-order valence-corrected chi connectivity index (χ2v) is 4.40. The first-order valence-corrected chi connectivity index (χ1v) is 6.18. The minimum atomic E-state index is 0.314. The number of nitriles is 2. The van der Waals surface area contributed by atoms with Crippen LogP contribution in [-0.4, -0.2) is 6.61 Å². The van der Waals surface area contributed by atoms with E-state index >= 15 is 0 Å². The predicted octanol–water partition coefficient (Wildman–Crippen LogP) is 3.16. The Labute approximate surface area is 116 Å². The van der Waals surface area contributed by atoms with Gasteiger partial charge in [-0.05, 0) is 36.4 Å². The number of hydrogen-bond acceptors (Lipinski definition) is 4. The molecule has 2 aromatic rings. The Morgan fingerprint density at radius 1 is 0.950 bits per heavy atom.